The van der Waals surface area contributed by atoms with Crippen LogP contribution in [-0.4, -0.2) is 11.6 Å². The van der Waals surface area contributed by atoms with Crippen LogP contribution in [0.5, 0.6) is 0 Å². The Hall–Kier alpha value is -4.18. The van der Waals surface area contributed by atoms with E-state index in [0.717, 1.165) is 11.1 Å². The predicted molar refractivity (Wildman–Crippen MR) is 120 cm³/mol. The molecule has 0 aliphatic heterocycles. The Morgan fingerprint density at radius 3 is 1.13 bits per heavy atom. The molecule has 0 saturated carbocycles. The molecular formula is C26H20N2O2. The van der Waals surface area contributed by atoms with Gasteiger partial charge in [-0.15, -0.1) is 0 Å². The smallest absolute Gasteiger partial charge is 0.195 e. The third kappa shape index (κ3) is 3.71. The van der Waals surface area contributed by atoms with Crippen molar-refractivity contribution in [3.63, 3.8) is 0 Å². The molecule has 146 valence electrons. The van der Waals surface area contributed by atoms with E-state index in [0.29, 0.717) is 33.6 Å². The lowest BCUT2D eigenvalue weighted by molar-refractivity contribution is 0.103. The fraction of sp³-hybridized carbons (Fsp3) is 0. The maximum Gasteiger partial charge on any atom is 0.195 e. The fourth-order valence-corrected chi connectivity index (χ4v) is 3.35. The molecule has 0 radical (unpaired) electrons. The highest BCUT2D eigenvalue weighted by Gasteiger charge is 2.13. The number of carbonyl (C=O) groups is 2. The van der Waals surface area contributed by atoms with E-state index in [4.69, 9.17) is 11.5 Å². The molecular weight excluding hydrogens is 372 g/mol. The van der Waals surface area contributed by atoms with E-state index >= 15 is 0 Å². The van der Waals surface area contributed by atoms with Crippen molar-refractivity contribution in [1.29, 1.82) is 0 Å². The minimum Gasteiger partial charge on any atom is -0.398 e. The SMILES string of the molecule is Nc1ccccc1C(=O)c1ccc(-c2ccc(C(=O)c3ccccc3N)cc2)cc1. The standard InChI is InChI=1S/C26H20N2O2/c27-23-7-3-1-5-21(23)25(29)19-13-9-17(10-14-19)18-11-15-20(16-12-18)26(30)22-6-2-4-8-24(22)28/h1-16H,27-28H2. The number of para-hydroxylation sites is 2. The van der Waals surface area contributed by atoms with Gasteiger partial charge in [-0.1, -0.05) is 72.8 Å². The minimum atomic E-state index is -0.110. The van der Waals surface area contributed by atoms with Gasteiger partial charge in [0.25, 0.3) is 0 Å². The number of nitrogen functional groups attached to an aromatic ring is 2. The molecule has 0 aliphatic rings. The summed E-state index contributed by atoms with van der Waals surface area (Å²) in [4.78, 5) is 25.3. The zero-order chi connectivity index (χ0) is 21.1. The van der Waals surface area contributed by atoms with Crippen molar-refractivity contribution in [2.45, 2.75) is 0 Å². The molecule has 4 aromatic carbocycles. The van der Waals surface area contributed by atoms with E-state index in [1.165, 1.54) is 0 Å². The number of hydrogen-bond acceptors (Lipinski definition) is 4. The lowest BCUT2D eigenvalue weighted by Crippen LogP contribution is -2.05. The van der Waals surface area contributed by atoms with Crippen LogP contribution in [-0.2, 0) is 0 Å². The third-order valence-corrected chi connectivity index (χ3v) is 5.04. The van der Waals surface area contributed by atoms with Crippen LogP contribution in [0.3, 0.4) is 0 Å². The zero-order valence-corrected chi connectivity index (χ0v) is 16.2. The molecule has 4 rings (SSSR count). The number of rotatable bonds is 5. The fourth-order valence-electron chi connectivity index (χ4n) is 3.35. The quantitative estimate of drug-likeness (QED) is 0.370. The summed E-state index contributed by atoms with van der Waals surface area (Å²) in [6.07, 6.45) is 0. The summed E-state index contributed by atoms with van der Waals surface area (Å²) >= 11 is 0. The van der Waals surface area contributed by atoms with Gasteiger partial charge in [0, 0.05) is 33.6 Å². The first-order chi connectivity index (χ1) is 14.5. The maximum atomic E-state index is 12.7. The summed E-state index contributed by atoms with van der Waals surface area (Å²) < 4.78 is 0. The van der Waals surface area contributed by atoms with E-state index in [2.05, 4.69) is 0 Å². The first-order valence-corrected chi connectivity index (χ1v) is 9.53. The Balaban J connectivity index is 1.55. The average Bonchev–Trinajstić information content (AvgIpc) is 2.79. The summed E-state index contributed by atoms with van der Waals surface area (Å²) in [6.45, 7) is 0. The van der Waals surface area contributed by atoms with Crippen LogP contribution >= 0.6 is 0 Å². The summed E-state index contributed by atoms with van der Waals surface area (Å²) in [6, 6.07) is 28.8. The van der Waals surface area contributed by atoms with Crippen LogP contribution in [0, 0.1) is 0 Å². The van der Waals surface area contributed by atoms with Crippen molar-refractivity contribution in [3.05, 3.63) is 119 Å². The monoisotopic (exact) mass is 392 g/mol. The van der Waals surface area contributed by atoms with Gasteiger partial charge in [-0.25, -0.2) is 0 Å². The molecule has 0 spiro atoms. The molecule has 4 heteroatoms. The van der Waals surface area contributed by atoms with Crippen LogP contribution < -0.4 is 11.5 Å². The zero-order valence-electron chi connectivity index (χ0n) is 16.2. The number of benzene rings is 4. The van der Waals surface area contributed by atoms with Crippen molar-refractivity contribution in [2.75, 3.05) is 11.5 Å². The highest BCUT2D eigenvalue weighted by atomic mass is 16.1. The second-order valence-electron chi connectivity index (χ2n) is 6.99. The molecule has 0 aliphatic carbocycles. The largest absolute Gasteiger partial charge is 0.398 e. The Bertz CT molecular complexity index is 1130. The van der Waals surface area contributed by atoms with Crippen molar-refractivity contribution in [3.8, 4) is 11.1 Å². The van der Waals surface area contributed by atoms with Crippen LogP contribution in [0.4, 0.5) is 11.4 Å². The Kier molecular flexibility index (Phi) is 5.14. The van der Waals surface area contributed by atoms with Crippen LogP contribution in [0.2, 0.25) is 0 Å². The number of nitrogens with two attached hydrogens (primary N) is 2. The predicted octanol–water partition coefficient (Wildman–Crippen LogP) is 4.98. The molecule has 0 amide bonds. The molecule has 0 heterocycles. The molecule has 0 saturated heterocycles. The van der Waals surface area contributed by atoms with E-state index in [1.54, 1.807) is 72.8 Å². The first kappa shape index (κ1) is 19.2. The first-order valence-electron chi connectivity index (χ1n) is 9.53. The third-order valence-electron chi connectivity index (χ3n) is 5.04. The van der Waals surface area contributed by atoms with Crippen LogP contribution in [0.1, 0.15) is 31.8 Å². The molecule has 4 aromatic rings. The average molecular weight is 392 g/mol. The molecule has 0 aromatic heterocycles. The Morgan fingerprint density at radius 1 is 0.467 bits per heavy atom. The Morgan fingerprint density at radius 2 is 0.800 bits per heavy atom. The van der Waals surface area contributed by atoms with Crippen LogP contribution in [0.25, 0.3) is 11.1 Å². The molecule has 30 heavy (non-hydrogen) atoms. The van der Waals surface area contributed by atoms with Crippen molar-refractivity contribution in [1.82, 2.24) is 0 Å². The molecule has 4 N–H and O–H groups in total. The van der Waals surface area contributed by atoms with E-state index in [9.17, 15) is 9.59 Å². The topological polar surface area (TPSA) is 86.2 Å². The lowest BCUT2D eigenvalue weighted by atomic mass is 9.96. The van der Waals surface area contributed by atoms with Gasteiger partial charge in [-0.05, 0) is 35.4 Å². The second-order valence-corrected chi connectivity index (χ2v) is 6.99. The molecule has 0 unspecified atom stereocenters. The lowest BCUT2D eigenvalue weighted by Gasteiger charge is -2.08. The summed E-state index contributed by atoms with van der Waals surface area (Å²) in [5, 5.41) is 0. The van der Waals surface area contributed by atoms with Gasteiger partial charge in [-0.3, -0.25) is 9.59 Å². The molecule has 4 nitrogen and oxygen atoms in total. The second kappa shape index (κ2) is 8.05. The van der Waals surface area contributed by atoms with Gasteiger partial charge >= 0.3 is 0 Å². The van der Waals surface area contributed by atoms with Crippen molar-refractivity contribution < 1.29 is 9.59 Å². The summed E-state index contributed by atoms with van der Waals surface area (Å²) in [5.74, 6) is -0.220. The van der Waals surface area contributed by atoms with Crippen LogP contribution in [0.15, 0.2) is 97.1 Å². The maximum absolute atomic E-state index is 12.7. The van der Waals surface area contributed by atoms with E-state index < -0.39 is 0 Å². The molecule has 0 bridgehead atoms. The highest BCUT2D eigenvalue weighted by molar-refractivity contribution is 6.13. The van der Waals surface area contributed by atoms with Gasteiger partial charge in [0.15, 0.2) is 11.6 Å². The van der Waals surface area contributed by atoms with E-state index in [-0.39, 0.29) is 11.6 Å². The number of hydrogen-bond donors (Lipinski definition) is 2. The van der Waals surface area contributed by atoms with Gasteiger partial charge in [0.1, 0.15) is 0 Å². The highest BCUT2D eigenvalue weighted by Crippen LogP contribution is 2.24. The summed E-state index contributed by atoms with van der Waals surface area (Å²) in [7, 11) is 0. The van der Waals surface area contributed by atoms with Gasteiger partial charge < -0.3 is 11.5 Å². The van der Waals surface area contributed by atoms with Crippen molar-refractivity contribution in [2.24, 2.45) is 0 Å². The number of carbonyl (C=O) groups excluding carboxylic acids is 2. The Labute approximate surface area is 174 Å². The number of anilines is 2. The van der Waals surface area contributed by atoms with Gasteiger partial charge in [-0.2, -0.15) is 0 Å². The summed E-state index contributed by atoms with van der Waals surface area (Å²) in [5.41, 5.74) is 16.8. The van der Waals surface area contributed by atoms with Gasteiger partial charge in [0.05, 0.1) is 0 Å². The normalized spacial score (nSPS) is 10.5. The van der Waals surface area contributed by atoms with Crippen molar-refractivity contribution >= 4 is 22.9 Å². The van der Waals surface area contributed by atoms with Gasteiger partial charge in [0.2, 0.25) is 0 Å². The van der Waals surface area contributed by atoms with E-state index in [1.807, 2.05) is 24.3 Å². The number of ketones is 2. The minimum absolute atomic E-state index is 0.110. The molecule has 0 fully saturated rings. The molecule has 0 atom stereocenters.